The van der Waals surface area contributed by atoms with E-state index in [0.29, 0.717) is 0 Å². The summed E-state index contributed by atoms with van der Waals surface area (Å²) >= 11 is 0. The fourth-order valence-corrected chi connectivity index (χ4v) is 8.13. The molecule has 230 valence electrons. The number of hydrogen-bond acceptors (Lipinski definition) is 2. The quantitative estimate of drug-likeness (QED) is 0.192. The number of rotatable bonds is 3. The molecule has 2 nitrogen and oxygen atoms in total. The van der Waals surface area contributed by atoms with Crippen molar-refractivity contribution in [1.29, 1.82) is 0 Å². The van der Waals surface area contributed by atoms with Crippen LogP contribution in [0.3, 0.4) is 0 Å². The molecule has 7 aromatic carbocycles. The van der Waals surface area contributed by atoms with Gasteiger partial charge in [-0.05, 0) is 92.1 Å². The summed E-state index contributed by atoms with van der Waals surface area (Å²) in [5.41, 5.74) is 15.6. The van der Waals surface area contributed by atoms with Crippen LogP contribution in [0.15, 0.2) is 179 Å². The normalized spacial score (nSPS) is 15.3. The van der Waals surface area contributed by atoms with Gasteiger partial charge in [0.2, 0.25) is 0 Å². The molecule has 1 aromatic heterocycles. The summed E-state index contributed by atoms with van der Waals surface area (Å²) in [7, 11) is 0. The van der Waals surface area contributed by atoms with E-state index < -0.39 is 0 Å². The van der Waals surface area contributed by atoms with Crippen LogP contribution in [0, 0.1) is 0 Å². The van der Waals surface area contributed by atoms with Crippen LogP contribution in [-0.4, -0.2) is 5.71 Å². The van der Waals surface area contributed by atoms with Crippen molar-refractivity contribution in [2.24, 2.45) is 4.99 Å². The Bertz CT molecular complexity index is 2710. The molecule has 49 heavy (non-hydrogen) atoms. The molecule has 1 unspecified atom stereocenters. The van der Waals surface area contributed by atoms with E-state index in [1.165, 1.54) is 44.2 Å². The predicted octanol–water partition coefficient (Wildman–Crippen LogP) is 12.5. The van der Waals surface area contributed by atoms with Gasteiger partial charge in [0, 0.05) is 27.8 Å². The van der Waals surface area contributed by atoms with Gasteiger partial charge in [0.05, 0.1) is 11.4 Å². The lowest BCUT2D eigenvalue weighted by atomic mass is 9.71. The second kappa shape index (κ2) is 10.9. The fraction of sp³-hybridized carbons (Fsp3) is 0.0426. The molecule has 0 spiro atoms. The first-order valence-electron chi connectivity index (χ1n) is 16.9. The highest BCUT2D eigenvalue weighted by Crippen LogP contribution is 2.50. The highest BCUT2D eigenvalue weighted by molar-refractivity contribution is 6.20. The lowest BCUT2D eigenvalue weighted by Crippen LogP contribution is -2.20. The third-order valence-corrected chi connectivity index (χ3v) is 10.4. The van der Waals surface area contributed by atoms with Crippen LogP contribution in [0.25, 0.3) is 60.5 Å². The van der Waals surface area contributed by atoms with Crippen LogP contribution in [0.5, 0.6) is 0 Å². The van der Waals surface area contributed by atoms with Gasteiger partial charge in [-0.1, -0.05) is 134 Å². The van der Waals surface area contributed by atoms with E-state index in [1.54, 1.807) is 0 Å². The van der Waals surface area contributed by atoms with Crippen LogP contribution >= 0.6 is 0 Å². The number of para-hydroxylation sites is 2. The highest BCUT2D eigenvalue weighted by atomic mass is 16.3. The second-order valence-corrected chi connectivity index (χ2v) is 13.1. The van der Waals surface area contributed by atoms with Crippen LogP contribution in [0.1, 0.15) is 28.2 Å². The Hall–Kier alpha value is -6.25. The molecule has 0 saturated heterocycles. The topological polar surface area (TPSA) is 25.5 Å². The van der Waals surface area contributed by atoms with E-state index in [9.17, 15) is 0 Å². The number of hydrogen-bond donors (Lipinski definition) is 0. The molecule has 0 fully saturated rings. The highest BCUT2D eigenvalue weighted by Gasteiger charge is 2.34. The van der Waals surface area contributed by atoms with Crippen molar-refractivity contribution >= 4 is 49.7 Å². The summed E-state index contributed by atoms with van der Waals surface area (Å²) in [6.07, 6.45) is 3.12. The number of aliphatic imine (C=N–C) groups is 1. The number of furan rings is 1. The number of fused-ring (bicyclic) bond motifs is 9. The van der Waals surface area contributed by atoms with Gasteiger partial charge in [0.15, 0.2) is 0 Å². The number of nitrogens with zero attached hydrogens (tertiary/aromatic N) is 1. The molecule has 2 aliphatic rings. The monoisotopic (exact) mass is 625 g/mol. The molecule has 0 radical (unpaired) electrons. The zero-order chi connectivity index (χ0) is 32.5. The van der Waals surface area contributed by atoms with Gasteiger partial charge in [0.25, 0.3) is 0 Å². The van der Waals surface area contributed by atoms with E-state index in [4.69, 9.17) is 9.41 Å². The SMILES string of the molecule is C=C1C=C(C2Cc3cc4oc5ccccc5c4cc3-c3ccc4ccccc4c32)C(c2ccccc2-c2ccccc2)=Nc2ccccc21. The molecule has 2 heteroatoms. The van der Waals surface area contributed by atoms with E-state index in [0.717, 1.165) is 62.0 Å². The molecule has 8 aromatic rings. The average Bonchev–Trinajstić information content (AvgIpc) is 3.45. The Labute approximate surface area is 285 Å². The Morgan fingerprint density at radius 3 is 2.14 bits per heavy atom. The summed E-state index contributed by atoms with van der Waals surface area (Å²) in [6.45, 7) is 4.63. The lowest BCUT2D eigenvalue weighted by Gasteiger charge is -2.32. The molecule has 0 amide bonds. The van der Waals surface area contributed by atoms with Crippen LogP contribution in [-0.2, 0) is 6.42 Å². The molecule has 10 rings (SSSR count). The van der Waals surface area contributed by atoms with Crippen molar-refractivity contribution < 1.29 is 4.42 Å². The maximum atomic E-state index is 6.44. The van der Waals surface area contributed by atoms with E-state index in [2.05, 4.69) is 158 Å². The summed E-state index contributed by atoms with van der Waals surface area (Å²) in [5.74, 6) is 0.0177. The number of benzene rings is 7. The van der Waals surface area contributed by atoms with Gasteiger partial charge in [0.1, 0.15) is 11.2 Å². The van der Waals surface area contributed by atoms with Crippen molar-refractivity contribution in [2.45, 2.75) is 12.3 Å². The van der Waals surface area contributed by atoms with Crippen LogP contribution in [0.2, 0.25) is 0 Å². The van der Waals surface area contributed by atoms with E-state index in [1.807, 2.05) is 6.07 Å². The van der Waals surface area contributed by atoms with Crippen LogP contribution < -0.4 is 0 Å². The minimum atomic E-state index is 0.0177. The Morgan fingerprint density at radius 2 is 1.27 bits per heavy atom. The summed E-state index contributed by atoms with van der Waals surface area (Å²) in [6, 6.07) is 54.1. The van der Waals surface area contributed by atoms with Crippen molar-refractivity contribution in [1.82, 2.24) is 0 Å². The first kappa shape index (κ1) is 27.8. The standard InChI is InChI=1S/C47H31NO/c1-29-25-42(47(48-43-21-11-9-16-33(29)43)38-20-8-7-17-34(38)30-13-3-2-4-14-30)41-26-32-27-45-40(36-19-10-12-22-44(36)49-45)28-39(32)37-24-23-31-15-5-6-18-35(31)46(37)41/h2-25,27-28,41H,1,26H2. The van der Waals surface area contributed by atoms with Gasteiger partial charge in [-0.15, -0.1) is 0 Å². The predicted molar refractivity (Wildman–Crippen MR) is 205 cm³/mol. The second-order valence-electron chi connectivity index (χ2n) is 13.1. The Morgan fingerprint density at radius 1 is 0.551 bits per heavy atom. The molecule has 0 bridgehead atoms. The van der Waals surface area contributed by atoms with Gasteiger partial charge >= 0.3 is 0 Å². The lowest BCUT2D eigenvalue weighted by molar-refractivity contribution is 0.667. The Balaban J connectivity index is 1.26. The molecule has 0 saturated carbocycles. The minimum Gasteiger partial charge on any atom is -0.456 e. The molecule has 1 aliphatic heterocycles. The van der Waals surface area contributed by atoms with Gasteiger partial charge in [-0.2, -0.15) is 0 Å². The maximum absolute atomic E-state index is 6.44. The minimum absolute atomic E-state index is 0.0177. The first-order valence-corrected chi connectivity index (χ1v) is 16.9. The molecule has 2 heterocycles. The fourth-order valence-electron chi connectivity index (χ4n) is 8.13. The molecular formula is C47H31NO. The third kappa shape index (κ3) is 4.38. The zero-order valence-electron chi connectivity index (χ0n) is 26.9. The van der Waals surface area contributed by atoms with Gasteiger partial charge in [-0.25, -0.2) is 4.99 Å². The molecule has 1 aliphatic carbocycles. The zero-order valence-corrected chi connectivity index (χ0v) is 26.9. The van der Waals surface area contributed by atoms with Crippen molar-refractivity contribution in [3.63, 3.8) is 0 Å². The smallest absolute Gasteiger partial charge is 0.135 e. The van der Waals surface area contributed by atoms with E-state index >= 15 is 0 Å². The van der Waals surface area contributed by atoms with Gasteiger partial charge in [-0.3, -0.25) is 0 Å². The van der Waals surface area contributed by atoms with Crippen LogP contribution in [0.4, 0.5) is 5.69 Å². The maximum Gasteiger partial charge on any atom is 0.135 e. The summed E-state index contributed by atoms with van der Waals surface area (Å²) in [4.78, 5) is 5.56. The Kier molecular flexibility index (Phi) is 6.19. The summed E-state index contributed by atoms with van der Waals surface area (Å²) < 4.78 is 6.44. The average molecular weight is 626 g/mol. The van der Waals surface area contributed by atoms with Crippen molar-refractivity contribution in [3.05, 3.63) is 192 Å². The van der Waals surface area contributed by atoms with Crippen molar-refractivity contribution in [2.75, 3.05) is 0 Å². The molecule has 0 N–H and O–H groups in total. The third-order valence-electron chi connectivity index (χ3n) is 10.4. The largest absolute Gasteiger partial charge is 0.456 e. The van der Waals surface area contributed by atoms with Gasteiger partial charge < -0.3 is 4.42 Å². The van der Waals surface area contributed by atoms with Crippen molar-refractivity contribution in [3.8, 4) is 22.3 Å². The first-order chi connectivity index (χ1) is 24.2. The number of allylic oxidation sites excluding steroid dienone is 3. The molecular weight excluding hydrogens is 595 g/mol. The summed E-state index contributed by atoms with van der Waals surface area (Å²) in [5, 5.41) is 4.82. The molecule has 1 atom stereocenters. The van der Waals surface area contributed by atoms with E-state index in [-0.39, 0.29) is 5.92 Å².